The number of sulfonamides is 1. The number of ether oxygens (including phenoxy) is 1. The van der Waals surface area contributed by atoms with Gasteiger partial charge in [0.25, 0.3) is 5.89 Å². The molecule has 0 atom stereocenters. The molecule has 0 amide bonds. The first-order chi connectivity index (χ1) is 9.27. The van der Waals surface area contributed by atoms with Gasteiger partial charge in [0.2, 0.25) is 10.0 Å². The Hall–Kier alpha value is -1.52. The highest BCUT2D eigenvalue weighted by atomic mass is 79.9. The number of primary sulfonamides is 1. The number of nitrogens with zero attached hydrogens (tertiary/aromatic N) is 2. The average Bonchev–Trinajstić information content (AvgIpc) is 2.74. The summed E-state index contributed by atoms with van der Waals surface area (Å²) in [5.74, 6) is -0.262. The highest BCUT2D eigenvalue weighted by molar-refractivity contribution is 9.10. The van der Waals surface area contributed by atoms with Gasteiger partial charge in [-0.2, -0.15) is 4.98 Å². The zero-order chi connectivity index (χ0) is 14.9. The van der Waals surface area contributed by atoms with Crippen molar-refractivity contribution in [2.45, 2.75) is 18.4 Å². The number of aryl methyl sites for hydroxylation is 1. The molecule has 2 aromatic rings. The zero-order valence-electron chi connectivity index (χ0n) is 10.1. The van der Waals surface area contributed by atoms with Gasteiger partial charge in [0.15, 0.2) is 12.4 Å². The third-order valence-corrected chi connectivity index (χ3v) is 3.76. The van der Waals surface area contributed by atoms with Gasteiger partial charge in [-0.05, 0) is 28.9 Å². The van der Waals surface area contributed by atoms with Crippen LogP contribution in [0.2, 0.25) is 0 Å². The van der Waals surface area contributed by atoms with E-state index in [0.29, 0.717) is 5.82 Å². The van der Waals surface area contributed by atoms with Crippen LogP contribution >= 0.6 is 15.9 Å². The molecular weight excluding hydrogens is 357 g/mol. The fourth-order valence-corrected chi connectivity index (χ4v) is 2.60. The predicted octanol–water partition coefficient (Wildman–Crippen LogP) is 1.51. The summed E-state index contributed by atoms with van der Waals surface area (Å²) >= 11 is 3.07. The van der Waals surface area contributed by atoms with Gasteiger partial charge in [0, 0.05) is 6.07 Å². The standard InChI is InChI=1S/C10H9BrFN3O4S/c1-5-14-10(19-15-5)4-18-8-3-7(12)9(2-6(8)11)20(13,16)17/h2-3H,4H2,1H3,(H2,13,16,17). The monoisotopic (exact) mass is 365 g/mol. The van der Waals surface area contributed by atoms with Crippen LogP contribution in [-0.4, -0.2) is 18.6 Å². The minimum absolute atomic E-state index is 0.0758. The van der Waals surface area contributed by atoms with E-state index in [-0.39, 0.29) is 22.7 Å². The van der Waals surface area contributed by atoms with Crippen LogP contribution in [0.4, 0.5) is 4.39 Å². The van der Waals surface area contributed by atoms with Gasteiger partial charge in [-0.15, -0.1) is 0 Å². The molecule has 0 saturated carbocycles. The van der Waals surface area contributed by atoms with Crippen molar-refractivity contribution >= 4 is 26.0 Å². The maximum absolute atomic E-state index is 13.6. The summed E-state index contributed by atoms with van der Waals surface area (Å²) in [5, 5.41) is 8.45. The van der Waals surface area contributed by atoms with Crippen LogP contribution in [0.3, 0.4) is 0 Å². The lowest BCUT2D eigenvalue weighted by molar-refractivity contribution is 0.240. The van der Waals surface area contributed by atoms with E-state index in [1.165, 1.54) is 0 Å². The largest absolute Gasteiger partial charge is 0.482 e. The van der Waals surface area contributed by atoms with Crippen LogP contribution in [-0.2, 0) is 16.6 Å². The zero-order valence-corrected chi connectivity index (χ0v) is 12.5. The molecular formula is C10H9BrFN3O4S. The molecule has 108 valence electrons. The fourth-order valence-electron chi connectivity index (χ4n) is 1.38. The lowest BCUT2D eigenvalue weighted by Crippen LogP contribution is -2.14. The molecule has 0 saturated heterocycles. The second-order valence-electron chi connectivity index (χ2n) is 3.78. The second-order valence-corrected chi connectivity index (χ2v) is 6.17. The molecule has 2 N–H and O–H groups in total. The van der Waals surface area contributed by atoms with E-state index in [4.69, 9.17) is 14.4 Å². The first kappa shape index (κ1) is 14.9. The van der Waals surface area contributed by atoms with E-state index in [1.54, 1.807) is 6.92 Å². The average molecular weight is 366 g/mol. The molecule has 0 aliphatic rings. The third-order valence-electron chi connectivity index (χ3n) is 2.21. The normalized spacial score (nSPS) is 11.6. The summed E-state index contributed by atoms with van der Waals surface area (Å²) in [4.78, 5) is 3.29. The lowest BCUT2D eigenvalue weighted by Gasteiger charge is -2.08. The fraction of sp³-hybridized carbons (Fsp3) is 0.200. The number of benzene rings is 1. The smallest absolute Gasteiger partial charge is 0.264 e. The highest BCUT2D eigenvalue weighted by Crippen LogP contribution is 2.30. The number of rotatable bonds is 4. The number of halogens is 2. The van der Waals surface area contributed by atoms with Crippen molar-refractivity contribution in [3.8, 4) is 5.75 Å². The molecule has 0 radical (unpaired) electrons. The summed E-state index contributed by atoms with van der Waals surface area (Å²) in [6.07, 6.45) is 0. The van der Waals surface area contributed by atoms with E-state index >= 15 is 0 Å². The van der Waals surface area contributed by atoms with Crippen molar-refractivity contribution < 1.29 is 22.1 Å². The number of nitrogens with two attached hydrogens (primary N) is 1. The predicted molar refractivity (Wildman–Crippen MR) is 68.8 cm³/mol. The van der Waals surface area contributed by atoms with Crippen molar-refractivity contribution in [3.63, 3.8) is 0 Å². The Labute approximate surface area is 122 Å². The molecule has 20 heavy (non-hydrogen) atoms. The maximum Gasteiger partial charge on any atom is 0.264 e. The maximum atomic E-state index is 13.6. The summed E-state index contributed by atoms with van der Waals surface area (Å²) in [6.45, 7) is 1.57. The molecule has 0 aliphatic carbocycles. The van der Waals surface area contributed by atoms with E-state index in [0.717, 1.165) is 12.1 Å². The molecule has 1 heterocycles. The Kier molecular flexibility index (Phi) is 4.06. The van der Waals surface area contributed by atoms with E-state index < -0.39 is 20.7 Å². The van der Waals surface area contributed by atoms with Crippen LogP contribution < -0.4 is 9.88 Å². The molecule has 1 aromatic heterocycles. The van der Waals surface area contributed by atoms with Gasteiger partial charge in [0.05, 0.1) is 4.47 Å². The van der Waals surface area contributed by atoms with Crippen LogP contribution in [0.5, 0.6) is 5.75 Å². The van der Waals surface area contributed by atoms with Gasteiger partial charge in [-0.25, -0.2) is 17.9 Å². The van der Waals surface area contributed by atoms with Crippen LogP contribution in [0.1, 0.15) is 11.7 Å². The quantitative estimate of drug-likeness (QED) is 0.879. The molecule has 0 fully saturated rings. The topological polar surface area (TPSA) is 108 Å². The Morgan fingerprint density at radius 1 is 1.50 bits per heavy atom. The molecule has 10 heteroatoms. The number of aromatic nitrogens is 2. The van der Waals surface area contributed by atoms with Crippen LogP contribution in [0.15, 0.2) is 26.0 Å². The molecule has 0 bridgehead atoms. The van der Waals surface area contributed by atoms with E-state index in [9.17, 15) is 12.8 Å². The first-order valence-electron chi connectivity index (χ1n) is 5.21. The summed E-state index contributed by atoms with van der Waals surface area (Å²) in [5.41, 5.74) is 0. The minimum Gasteiger partial charge on any atom is -0.482 e. The molecule has 7 nitrogen and oxygen atoms in total. The highest BCUT2D eigenvalue weighted by Gasteiger charge is 2.18. The Bertz CT molecular complexity index is 747. The molecule has 1 aromatic carbocycles. The van der Waals surface area contributed by atoms with Gasteiger partial charge in [-0.3, -0.25) is 0 Å². The van der Waals surface area contributed by atoms with Gasteiger partial charge in [0.1, 0.15) is 16.5 Å². The molecule has 0 spiro atoms. The Morgan fingerprint density at radius 3 is 2.75 bits per heavy atom. The molecule has 0 unspecified atom stereocenters. The van der Waals surface area contributed by atoms with Crippen molar-refractivity contribution in [3.05, 3.63) is 34.1 Å². The van der Waals surface area contributed by atoms with E-state index in [1.807, 2.05) is 0 Å². The summed E-state index contributed by atoms with van der Waals surface area (Å²) in [7, 11) is -4.14. The van der Waals surface area contributed by atoms with Crippen molar-refractivity contribution in [1.82, 2.24) is 10.1 Å². The van der Waals surface area contributed by atoms with Crippen LogP contribution in [0, 0.1) is 12.7 Å². The van der Waals surface area contributed by atoms with Crippen molar-refractivity contribution in [1.29, 1.82) is 0 Å². The molecule has 0 aliphatic heterocycles. The van der Waals surface area contributed by atoms with Crippen molar-refractivity contribution in [2.75, 3.05) is 0 Å². The lowest BCUT2D eigenvalue weighted by atomic mass is 10.3. The van der Waals surface area contributed by atoms with Crippen LogP contribution in [0.25, 0.3) is 0 Å². The Balaban J connectivity index is 2.23. The van der Waals surface area contributed by atoms with Gasteiger partial charge < -0.3 is 9.26 Å². The minimum atomic E-state index is -4.14. The number of hydrogen-bond donors (Lipinski definition) is 1. The second kappa shape index (κ2) is 5.46. The summed E-state index contributed by atoms with van der Waals surface area (Å²) < 4.78 is 46.3. The Morgan fingerprint density at radius 2 is 2.20 bits per heavy atom. The first-order valence-corrected chi connectivity index (χ1v) is 7.55. The number of hydrogen-bond acceptors (Lipinski definition) is 6. The van der Waals surface area contributed by atoms with E-state index in [2.05, 4.69) is 26.1 Å². The SMILES string of the molecule is Cc1noc(COc2cc(F)c(S(N)(=O)=O)cc2Br)n1. The van der Waals surface area contributed by atoms with Gasteiger partial charge in [-0.1, -0.05) is 5.16 Å². The van der Waals surface area contributed by atoms with Crippen molar-refractivity contribution in [2.24, 2.45) is 5.14 Å². The van der Waals surface area contributed by atoms with Gasteiger partial charge >= 0.3 is 0 Å². The molecule has 2 rings (SSSR count). The summed E-state index contributed by atoms with van der Waals surface area (Å²) in [6, 6.07) is 1.94. The third kappa shape index (κ3) is 3.32.